The lowest BCUT2D eigenvalue weighted by Crippen LogP contribution is -2.48. The van der Waals surface area contributed by atoms with E-state index in [1.807, 2.05) is 0 Å². The van der Waals surface area contributed by atoms with E-state index in [-0.39, 0.29) is 5.91 Å². The van der Waals surface area contributed by atoms with Crippen LogP contribution < -0.4 is 11.1 Å². The highest BCUT2D eigenvalue weighted by Gasteiger charge is 2.22. The molecule has 0 aromatic heterocycles. The van der Waals surface area contributed by atoms with Crippen molar-refractivity contribution in [1.29, 1.82) is 0 Å². The Labute approximate surface area is 109 Å². The number of carbonyl (C=O) groups is 1. The Bertz CT molecular complexity index is 257. The van der Waals surface area contributed by atoms with Gasteiger partial charge in [-0.2, -0.15) is 0 Å². The second-order valence-electron chi connectivity index (χ2n) is 5.42. The van der Waals surface area contributed by atoms with E-state index in [9.17, 15) is 4.79 Å². The molecule has 0 bridgehead atoms. The fourth-order valence-electron chi connectivity index (χ4n) is 2.88. The van der Waals surface area contributed by atoms with Crippen molar-refractivity contribution < 1.29 is 9.53 Å². The van der Waals surface area contributed by atoms with E-state index in [4.69, 9.17) is 10.5 Å². The molecule has 2 aliphatic rings. The Morgan fingerprint density at radius 3 is 2.61 bits per heavy atom. The summed E-state index contributed by atoms with van der Waals surface area (Å²) in [6.45, 7) is 4.16. The van der Waals surface area contributed by atoms with Gasteiger partial charge >= 0.3 is 0 Å². The number of nitrogens with two attached hydrogens (primary N) is 1. The smallest absolute Gasteiger partial charge is 0.231 e. The Kier molecular flexibility index (Phi) is 5.41. The van der Waals surface area contributed by atoms with Crippen LogP contribution in [0.15, 0.2) is 0 Å². The highest BCUT2D eigenvalue weighted by molar-refractivity contribution is 5.75. The van der Waals surface area contributed by atoms with E-state index in [0.717, 1.165) is 52.0 Å². The Morgan fingerprint density at radius 1 is 1.17 bits per heavy atom. The number of hydrogen-bond acceptors (Lipinski definition) is 4. The van der Waals surface area contributed by atoms with E-state index in [0.29, 0.717) is 18.6 Å². The standard InChI is InChI=1S/C13H25N3O2/c14-13(17)10-16-6-3-12(4-7-16)15-11-2-1-8-18-9-5-11/h11-12,15H,1-10H2,(H2,14,17). The maximum Gasteiger partial charge on any atom is 0.231 e. The lowest BCUT2D eigenvalue weighted by atomic mass is 10.0. The lowest BCUT2D eigenvalue weighted by molar-refractivity contribution is -0.119. The summed E-state index contributed by atoms with van der Waals surface area (Å²) in [5.41, 5.74) is 5.21. The Morgan fingerprint density at radius 2 is 1.89 bits per heavy atom. The van der Waals surface area contributed by atoms with Gasteiger partial charge in [0.15, 0.2) is 0 Å². The summed E-state index contributed by atoms with van der Waals surface area (Å²) in [5, 5.41) is 3.75. The molecule has 2 rings (SSSR count). The number of hydrogen-bond donors (Lipinski definition) is 2. The summed E-state index contributed by atoms with van der Waals surface area (Å²) in [4.78, 5) is 13.0. The number of nitrogens with zero attached hydrogens (tertiary/aromatic N) is 1. The monoisotopic (exact) mass is 255 g/mol. The molecule has 2 heterocycles. The molecule has 2 aliphatic heterocycles. The van der Waals surface area contributed by atoms with E-state index < -0.39 is 0 Å². The molecule has 5 nitrogen and oxygen atoms in total. The van der Waals surface area contributed by atoms with Crippen LogP contribution in [-0.2, 0) is 9.53 Å². The number of carbonyl (C=O) groups excluding carboxylic acids is 1. The van der Waals surface area contributed by atoms with Crippen LogP contribution in [0.1, 0.15) is 32.1 Å². The number of amides is 1. The molecule has 2 fully saturated rings. The van der Waals surface area contributed by atoms with Gasteiger partial charge in [-0.25, -0.2) is 0 Å². The number of nitrogens with one attached hydrogen (secondary N) is 1. The fourth-order valence-corrected chi connectivity index (χ4v) is 2.88. The second kappa shape index (κ2) is 7.07. The van der Waals surface area contributed by atoms with Crippen LogP contribution in [0, 0.1) is 0 Å². The molecule has 104 valence electrons. The van der Waals surface area contributed by atoms with Crippen LogP contribution in [-0.4, -0.2) is 55.7 Å². The summed E-state index contributed by atoms with van der Waals surface area (Å²) >= 11 is 0. The average molecular weight is 255 g/mol. The van der Waals surface area contributed by atoms with Gasteiger partial charge in [-0.15, -0.1) is 0 Å². The second-order valence-corrected chi connectivity index (χ2v) is 5.42. The van der Waals surface area contributed by atoms with E-state index >= 15 is 0 Å². The summed E-state index contributed by atoms with van der Waals surface area (Å²) in [6, 6.07) is 1.21. The fraction of sp³-hybridized carbons (Fsp3) is 0.923. The minimum Gasteiger partial charge on any atom is -0.381 e. The Hall–Kier alpha value is -0.650. The first-order valence-electron chi connectivity index (χ1n) is 7.08. The highest BCUT2D eigenvalue weighted by atomic mass is 16.5. The molecule has 0 spiro atoms. The van der Waals surface area contributed by atoms with Crippen LogP contribution in [0.3, 0.4) is 0 Å². The van der Waals surface area contributed by atoms with Gasteiger partial charge in [-0.3, -0.25) is 9.69 Å². The quantitative estimate of drug-likeness (QED) is 0.747. The zero-order valence-electron chi connectivity index (χ0n) is 11.1. The van der Waals surface area contributed by atoms with Crippen LogP contribution in [0.25, 0.3) is 0 Å². The van der Waals surface area contributed by atoms with E-state index in [1.165, 1.54) is 6.42 Å². The summed E-state index contributed by atoms with van der Waals surface area (Å²) in [6.07, 6.45) is 5.75. The third-order valence-corrected chi connectivity index (χ3v) is 3.89. The third kappa shape index (κ3) is 4.55. The number of rotatable bonds is 4. The largest absolute Gasteiger partial charge is 0.381 e. The molecule has 2 saturated heterocycles. The molecule has 1 unspecified atom stereocenters. The lowest BCUT2D eigenvalue weighted by Gasteiger charge is -2.33. The third-order valence-electron chi connectivity index (χ3n) is 3.89. The Balaban J connectivity index is 1.67. The van der Waals surface area contributed by atoms with Crippen molar-refractivity contribution >= 4 is 5.91 Å². The van der Waals surface area contributed by atoms with Crippen LogP contribution in [0.4, 0.5) is 0 Å². The van der Waals surface area contributed by atoms with Gasteiger partial charge in [0, 0.05) is 38.4 Å². The van der Waals surface area contributed by atoms with Crippen LogP contribution in [0.5, 0.6) is 0 Å². The molecule has 0 saturated carbocycles. The van der Waals surface area contributed by atoms with Gasteiger partial charge in [0.25, 0.3) is 0 Å². The molecular formula is C13H25N3O2. The zero-order valence-corrected chi connectivity index (χ0v) is 11.1. The van der Waals surface area contributed by atoms with Gasteiger partial charge < -0.3 is 15.8 Å². The van der Waals surface area contributed by atoms with Crippen molar-refractivity contribution in [3.8, 4) is 0 Å². The highest BCUT2D eigenvalue weighted by Crippen LogP contribution is 2.14. The summed E-state index contributed by atoms with van der Waals surface area (Å²) < 4.78 is 5.48. The topological polar surface area (TPSA) is 67.6 Å². The predicted molar refractivity (Wildman–Crippen MR) is 70.3 cm³/mol. The molecule has 5 heteroatoms. The minimum atomic E-state index is -0.220. The molecule has 0 aromatic carbocycles. The van der Waals surface area contributed by atoms with Crippen molar-refractivity contribution in [3.63, 3.8) is 0 Å². The van der Waals surface area contributed by atoms with Crippen LogP contribution >= 0.6 is 0 Å². The van der Waals surface area contributed by atoms with Gasteiger partial charge in [0.2, 0.25) is 5.91 Å². The number of piperidine rings is 1. The SMILES string of the molecule is NC(=O)CN1CCC(NC2CCCOCC2)CC1. The molecule has 0 aliphatic carbocycles. The maximum absolute atomic E-state index is 10.9. The first kappa shape index (κ1) is 13.8. The van der Waals surface area contributed by atoms with Crippen molar-refractivity contribution in [2.75, 3.05) is 32.8 Å². The first-order valence-corrected chi connectivity index (χ1v) is 7.08. The van der Waals surface area contributed by atoms with Crippen molar-refractivity contribution in [2.45, 2.75) is 44.2 Å². The molecule has 3 N–H and O–H groups in total. The summed E-state index contributed by atoms with van der Waals surface area (Å²) in [5.74, 6) is -0.220. The van der Waals surface area contributed by atoms with E-state index in [1.54, 1.807) is 0 Å². The normalized spacial score (nSPS) is 27.9. The van der Waals surface area contributed by atoms with Gasteiger partial charge in [0.1, 0.15) is 0 Å². The molecule has 1 amide bonds. The molecule has 1 atom stereocenters. The summed E-state index contributed by atoms with van der Waals surface area (Å²) in [7, 11) is 0. The van der Waals surface area contributed by atoms with Gasteiger partial charge in [0.05, 0.1) is 6.54 Å². The maximum atomic E-state index is 10.9. The van der Waals surface area contributed by atoms with Crippen molar-refractivity contribution in [1.82, 2.24) is 10.2 Å². The molecular weight excluding hydrogens is 230 g/mol. The zero-order chi connectivity index (χ0) is 12.8. The van der Waals surface area contributed by atoms with E-state index in [2.05, 4.69) is 10.2 Å². The first-order chi connectivity index (χ1) is 8.74. The predicted octanol–water partition coefficient (Wildman–Crippen LogP) is 0.0948. The number of likely N-dealkylation sites (tertiary alicyclic amines) is 1. The van der Waals surface area contributed by atoms with Gasteiger partial charge in [-0.1, -0.05) is 0 Å². The van der Waals surface area contributed by atoms with Gasteiger partial charge in [-0.05, 0) is 32.1 Å². The van der Waals surface area contributed by atoms with Crippen LogP contribution in [0.2, 0.25) is 0 Å². The molecule has 18 heavy (non-hydrogen) atoms. The number of primary amides is 1. The minimum absolute atomic E-state index is 0.220. The van der Waals surface area contributed by atoms with Crippen molar-refractivity contribution in [2.24, 2.45) is 5.73 Å². The van der Waals surface area contributed by atoms with Crippen molar-refractivity contribution in [3.05, 3.63) is 0 Å². The molecule has 0 radical (unpaired) electrons. The average Bonchev–Trinajstić information content (AvgIpc) is 2.60. The molecule has 0 aromatic rings. The number of ether oxygens (including phenoxy) is 1.